The van der Waals surface area contributed by atoms with Crippen LogP contribution in [0.15, 0.2) is 0 Å². The normalized spacial score (nSPS) is 13.3. The zero-order valence-corrected chi connectivity index (χ0v) is 18.5. The summed E-state index contributed by atoms with van der Waals surface area (Å²) in [5, 5.41) is 9.16. The van der Waals surface area contributed by atoms with Gasteiger partial charge in [0.05, 0.1) is 25.3 Å². The summed E-state index contributed by atoms with van der Waals surface area (Å²) in [5.41, 5.74) is 1.63. The molecule has 0 atom stereocenters. The van der Waals surface area contributed by atoms with Crippen molar-refractivity contribution in [3.8, 4) is 0 Å². The Bertz CT molecular complexity index is 732. The van der Waals surface area contributed by atoms with Crippen LogP contribution in [0.2, 0.25) is 0 Å². The molecule has 0 unspecified atom stereocenters. The average Bonchev–Trinajstić information content (AvgIpc) is 2.98. The summed E-state index contributed by atoms with van der Waals surface area (Å²) < 4.78 is 5.00. The second-order valence-electron chi connectivity index (χ2n) is 7.61. The molecular weight excluding hydrogens is 392 g/mol. The molecule has 3 amide bonds. The molecule has 1 aliphatic carbocycles. The number of rotatable bonds is 10. The zero-order chi connectivity index (χ0) is 21.4. The first-order valence-electron chi connectivity index (χ1n) is 10.0. The average molecular weight is 425 g/mol. The third-order valence-electron chi connectivity index (χ3n) is 4.52. The lowest BCUT2D eigenvalue weighted by Gasteiger charge is -2.17. The van der Waals surface area contributed by atoms with Gasteiger partial charge in [0.2, 0.25) is 11.8 Å². The second-order valence-corrected chi connectivity index (χ2v) is 8.71. The first kappa shape index (κ1) is 23.3. The van der Waals surface area contributed by atoms with E-state index in [1.54, 1.807) is 19.1 Å². The third kappa shape index (κ3) is 7.09. The maximum atomic E-state index is 12.8. The first-order chi connectivity index (χ1) is 13.8. The third-order valence-corrected chi connectivity index (χ3v) is 5.73. The minimum atomic E-state index is -0.241. The number of likely N-dealkylation sites (N-methyl/N-ethyl adjacent to an activating group) is 1. The minimum Gasteiger partial charge on any atom is -0.383 e. The van der Waals surface area contributed by atoms with Crippen molar-refractivity contribution in [2.75, 3.05) is 45.7 Å². The molecule has 0 spiro atoms. The van der Waals surface area contributed by atoms with Crippen molar-refractivity contribution in [3.05, 3.63) is 16.0 Å². The molecule has 0 bridgehead atoms. The van der Waals surface area contributed by atoms with Crippen LogP contribution in [0.4, 0.5) is 5.00 Å². The summed E-state index contributed by atoms with van der Waals surface area (Å²) in [4.78, 5) is 40.0. The predicted molar refractivity (Wildman–Crippen MR) is 115 cm³/mol. The van der Waals surface area contributed by atoms with E-state index in [1.165, 1.54) is 16.2 Å². The van der Waals surface area contributed by atoms with Gasteiger partial charge in [-0.05, 0) is 52.1 Å². The fourth-order valence-electron chi connectivity index (χ4n) is 3.33. The van der Waals surface area contributed by atoms with Gasteiger partial charge in [0.15, 0.2) is 0 Å². The van der Waals surface area contributed by atoms with Crippen molar-refractivity contribution in [3.63, 3.8) is 0 Å². The Morgan fingerprint density at radius 1 is 1.14 bits per heavy atom. The molecule has 162 valence electrons. The highest BCUT2D eigenvalue weighted by atomic mass is 32.1. The van der Waals surface area contributed by atoms with Gasteiger partial charge in [0, 0.05) is 24.6 Å². The number of aryl methyl sites for hydroxylation is 1. The molecular formula is C20H32N4O4S. The number of carbonyl (C=O) groups is 3. The topological polar surface area (TPSA) is 99.8 Å². The molecule has 1 aromatic heterocycles. The van der Waals surface area contributed by atoms with Gasteiger partial charge in [-0.15, -0.1) is 11.3 Å². The van der Waals surface area contributed by atoms with Crippen molar-refractivity contribution in [2.45, 2.75) is 45.6 Å². The number of hydrogen-bond acceptors (Lipinski definition) is 6. The van der Waals surface area contributed by atoms with Crippen molar-refractivity contribution in [1.29, 1.82) is 0 Å². The molecule has 9 heteroatoms. The lowest BCUT2D eigenvalue weighted by atomic mass is 9.95. The van der Waals surface area contributed by atoms with E-state index in [9.17, 15) is 14.4 Å². The minimum absolute atomic E-state index is 0.0568. The number of nitrogens with one attached hydrogen (secondary N) is 3. The Morgan fingerprint density at radius 3 is 2.52 bits per heavy atom. The van der Waals surface area contributed by atoms with E-state index in [0.29, 0.717) is 23.7 Å². The van der Waals surface area contributed by atoms with Gasteiger partial charge < -0.3 is 20.7 Å². The number of ether oxygens (including phenoxy) is 1. The highest BCUT2D eigenvalue weighted by Crippen LogP contribution is 2.38. The Morgan fingerprint density at radius 2 is 1.83 bits per heavy atom. The quantitative estimate of drug-likeness (QED) is 0.493. The standard InChI is InChI=1S/C20H32N4O4S/c1-13(2)22-16(25)11-24(3)12-17(26)23-20-18(19(27)21-9-10-28-4)14-7-5-6-8-15(14)29-20/h13H,5-12H2,1-4H3,(H,21,27)(H,22,25)(H,23,26). The van der Waals surface area contributed by atoms with Gasteiger partial charge in [0.25, 0.3) is 5.91 Å². The van der Waals surface area contributed by atoms with Gasteiger partial charge in [-0.3, -0.25) is 19.3 Å². The molecule has 0 fully saturated rings. The number of methoxy groups -OCH3 is 1. The largest absolute Gasteiger partial charge is 0.383 e. The summed E-state index contributed by atoms with van der Waals surface area (Å²) in [5.74, 6) is -0.545. The van der Waals surface area contributed by atoms with Crippen molar-refractivity contribution in [2.24, 2.45) is 0 Å². The number of anilines is 1. The molecule has 1 aromatic rings. The summed E-state index contributed by atoms with van der Waals surface area (Å²) >= 11 is 1.49. The van der Waals surface area contributed by atoms with Crippen LogP contribution in [0.3, 0.4) is 0 Å². The fourth-order valence-corrected chi connectivity index (χ4v) is 4.63. The van der Waals surface area contributed by atoms with E-state index in [2.05, 4.69) is 16.0 Å². The number of nitrogens with zero attached hydrogens (tertiary/aromatic N) is 1. The molecule has 0 aliphatic heterocycles. The monoisotopic (exact) mass is 424 g/mol. The smallest absolute Gasteiger partial charge is 0.254 e. The summed E-state index contributed by atoms with van der Waals surface area (Å²) in [6.07, 6.45) is 3.93. The highest BCUT2D eigenvalue weighted by Gasteiger charge is 2.26. The van der Waals surface area contributed by atoms with E-state index in [0.717, 1.165) is 31.2 Å². The van der Waals surface area contributed by atoms with Gasteiger partial charge in [0.1, 0.15) is 5.00 Å². The molecule has 0 radical (unpaired) electrons. The molecule has 3 N–H and O–H groups in total. The first-order valence-corrected chi connectivity index (χ1v) is 10.8. The maximum Gasteiger partial charge on any atom is 0.254 e. The Labute approximate surface area is 176 Å². The molecule has 29 heavy (non-hydrogen) atoms. The maximum absolute atomic E-state index is 12.8. The van der Waals surface area contributed by atoms with Crippen LogP contribution < -0.4 is 16.0 Å². The Hall–Kier alpha value is -1.97. The van der Waals surface area contributed by atoms with E-state index < -0.39 is 0 Å². The predicted octanol–water partition coefficient (Wildman–Crippen LogP) is 1.40. The molecule has 0 aromatic carbocycles. The van der Waals surface area contributed by atoms with Crippen LogP contribution in [0.25, 0.3) is 0 Å². The van der Waals surface area contributed by atoms with Crippen molar-refractivity contribution < 1.29 is 19.1 Å². The molecule has 0 saturated carbocycles. The summed E-state index contributed by atoms with van der Waals surface area (Å²) in [6, 6.07) is 0.0568. The van der Waals surface area contributed by atoms with Gasteiger partial charge in [-0.25, -0.2) is 0 Å². The number of fused-ring (bicyclic) bond motifs is 1. The molecule has 0 saturated heterocycles. The zero-order valence-electron chi connectivity index (χ0n) is 17.7. The Balaban J connectivity index is 2.05. The van der Waals surface area contributed by atoms with E-state index >= 15 is 0 Å². The van der Waals surface area contributed by atoms with Crippen LogP contribution in [-0.4, -0.2) is 69.1 Å². The van der Waals surface area contributed by atoms with E-state index in [4.69, 9.17) is 4.74 Å². The van der Waals surface area contributed by atoms with Crippen LogP contribution in [0.5, 0.6) is 0 Å². The second kappa shape index (κ2) is 11.3. The van der Waals surface area contributed by atoms with Crippen LogP contribution >= 0.6 is 11.3 Å². The van der Waals surface area contributed by atoms with E-state index in [1.807, 2.05) is 13.8 Å². The van der Waals surface area contributed by atoms with Crippen LogP contribution in [-0.2, 0) is 27.2 Å². The van der Waals surface area contributed by atoms with Gasteiger partial charge in [-0.1, -0.05) is 0 Å². The number of carbonyl (C=O) groups excluding carboxylic acids is 3. The number of amides is 3. The Kier molecular flexibility index (Phi) is 9.06. The van der Waals surface area contributed by atoms with Gasteiger partial charge >= 0.3 is 0 Å². The van der Waals surface area contributed by atoms with Crippen LogP contribution in [0, 0.1) is 0 Å². The molecule has 1 aliphatic rings. The number of thiophene rings is 1. The lowest BCUT2D eigenvalue weighted by Crippen LogP contribution is -2.41. The molecule has 8 nitrogen and oxygen atoms in total. The fraction of sp³-hybridized carbons (Fsp3) is 0.650. The SMILES string of the molecule is COCCNC(=O)c1c(NC(=O)CN(C)CC(=O)NC(C)C)sc2c1CCCC2. The van der Waals surface area contributed by atoms with Crippen LogP contribution in [0.1, 0.15) is 47.5 Å². The summed E-state index contributed by atoms with van der Waals surface area (Å²) in [7, 11) is 3.31. The van der Waals surface area contributed by atoms with Crippen molar-refractivity contribution >= 4 is 34.1 Å². The van der Waals surface area contributed by atoms with E-state index in [-0.39, 0.29) is 36.9 Å². The van der Waals surface area contributed by atoms with Gasteiger partial charge in [-0.2, -0.15) is 0 Å². The number of hydrogen-bond donors (Lipinski definition) is 3. The summed E-state index contributed by atoms with van der Waals surface area (Å²) in [6.45, 7) is 4.84. The van der Waals surface area contributed by atoms with Crippen molar-refractivity contribution in [1.82, 2.24) is 15.5 Å². The lowest BCUT2D eigenvalue weighted by molar-refractivity contribution is -0.123. The highest BCUT2D eigenvalue weighted by molar-refractivity contribution is 7.17. The molecule has 2 rings (SSSR count). The molecule has 1 heterocycles.